The average Bonchev–Trinajstić information content (AvgIpc) is 1.99. The Balaban J connectivity index is 3.09. The lowest BCUT2D eigenvalue weighted by molar-refractivity contribution is -0.118. The standard InChI is InChI=1S/C12H14ClFO/c1-8(15)7-12(2,3)10-5-4-9(13)6-11(10)14/h4-6H,7H2,1-3H3. The monoisotopic (exact) mass is 228 g/mol. The summed E-state index contributed by atoms with van der Waals surface area (Å²) in [6.07, 6.45) is 0.325. The van der Waals surface area contributed by atoms with E-state index in [4.69, 9.17) is 11.6 Å². The fourth-order valence-corrected chi connectivity index (χ4v) is 1.91. The molecule has 0 bridgehead atoms. The van der Waals surface area contributed by atoms with Crippen molar-refractivity contribution >= 4 is 17.4 Å². The van der Waals surface area contributed by atoms with Crippen LogP contribution in [0.1, 0.15) is 32.8 Å². The molecule has 0 radical (unpaired) electrons. The maximum Gasteiger partial charge on any atom is 0.130 e. The number of hydrogen-bond donors (Lipinski definition) is 0. The summed E-state index contributed by atoms with van der Waals surface area (Å²) in [7, 11) is 0. The van der Waals surface area contributed by atoms with E-state index in [9.17, 15) is 9.18 Å². The van der Waals surface area contributed by atoms with E-state index in [2.05, 4.69) is 0 Å². The molecule has 0 spiro atoms. The minimum Gasteiger partial charge on any atom is -0.300 e. The van der Waals surface area contributed by atoms with Crippen LogP contribution in [0.25, 0.3) is 0 Å². The van der Waals surface area contributed by atoms with Gasteiger partial charge in [0.25, 0.3) is 0 Å². The lowest BCUT2D eigenvalue weighted by Crippen LogP contribution is -2.22. The van der Waals surface area contributed by atoms with Gasteiger partial charge >= 0.3 is 0 Å². The molecule has 0 fully saturated rings. The highest BCUT2D eigenvalue weighted by Crippen LogP contribution is 2.30. The van der Waals surface area contributed by atoms with Gasteiger partial charge in [-0.15, -0.1) is 0 Å². The zero-order chi connectivity index (χ0) is 11.6. The van der Waals surface area contributed by atoms with Crippen LogP contribution in [0.2, 0.25) is 5.02 Å². The van der Waals surface area contributed by atoms with Crippen LogP contribution in [0.3, 0.4) is 0 Å². The Morgan fingerprint density at radius 3 is 2.53 bits per heavy atom. The number of hydrogen-bond acceptors (Lipinski definition) is 1. The maximum atomic E-state index is 13.6. The van der Waals surface area contributed by atoms with Crippen LogP contribution in [0.15, 0.2) is 18.2 Å². The van der Waals surface area contributed by atoms with Crippen LogP contribution < -0.4 is 0 Å². The predicted molar refractivity (Wildman–Crippen MR) is 59.7 cm³/mol. The van der Waals surface area contributed by atoms with Gasteiger partial charge in [0.05, 0.1) is 0 Å². The van der Waals surface area contributed by atoms with Gasteiger partial charge in [-0.1, -0.05) is 31.5 Å². The second-order valence-corrected chi connectivity index (χ2v) is 4.82. The van der Waals surface area contributed by atoms with Gasteiger partial charge in [0.2, 0.25) is 0 Å². The molecule has 0 unspecified atom stereocenters. The maximum absolute atomic E-state index is 13.6. The van der Waals surface area contributed by atoms with Crippen LogP contribution in [0, 0.1) is 5.82 Å². The first-order valence-electron chi connectivity index (χ1n) is 4.78. The van der Waals surface area contributed by atoms with Crippen molar-refractivity contribution in [1.82, 2.24) is 0 Å². The third kappa shape index (κ3) is 3.03. The number of ketones is 1. The first kappa shape index (κ1) is 12.2. The Kier molecular flexibility index (Phi) is 3.50. The van der Waals surface area contributed by atoms with Crippen molar-refractivity contribution in [2.24, 2.45) is 0 Å². The number of carbonyl (C=O) groups is 1. The predicted octanol–water partition coefficient (Wildman–Crippen LogP) is 3.74. The molecular formula is C12H14ClFO. The molecule has 1 aromatic carbocycles. The average molecular weight is 229 g/mol. The van der Waals surface area contributed by atoms with Gasteiger partial charge in [-0.2, -0.15) is 0 Å². The molecule has 15 heavy (non-hydrogen) atoms. The fourth-order valence-electron chi connectivity index (χ4n) is 1.76. The van der Waals surface area contributed by atoms with Crippen molar-refractivity contribution in [3.8, 4) is 0 Å². The summed E-state index contributed by atoms with van der Waals surface area (Å²) < 4.78 is 13.6. The van der Waals surface area contributed by atoms with Crippen molar-refractivity contribution in [3.05, 3.63) is 34.6 Å². The van der Waals surface area contributed by atoms with E-state index in [1.807, 2.05) is 13.8 Å². The van der Waals surface area contributed by atoms with Crippen molar-refractivity contribution in [1.29, 1.82) is 0 Å². The third-order valence-electron chi connectivity index (χ3n) is 2.35. The van der Waals surface area contributed by atoms with Gasteiger partial charge in [0.1, 0.15) is 11.6 Å². The van der Waals surface area contributed by atoms with E-state index in [1.165, 1.54) is 13.0 Å². The van der Waals surface area contributed by atoms with Crippen LogP contribution in [0.5, 0.6) is 0 Å². The van der Waals surface area contributed by atoms with Crippen LogP contribution >= 0.6 is 11.6 Å². The zero-order valence-corrected chi connectivity index (χ0v) is 9.86. The lowest BCUT2D eigenvalue weighted by Gasteiger charge is -2.24. The number of halogens is 2. The highest BCUT2D eigenvalue weighted by atomic mass is 35.5. The first-order chi connectivity index (χ1) is 6.83. The number of rotatable bonds is 3. The van der Waals surface area contributed by atoms with Gasteiger partial charge in [0.15, 0.2) is 0 Å². The molecule has 0 N–H and O–H groups in total. The molecule has 1 nitrogen and oxygen atoms in total. The Morgan fingerprint density at radius 2 is 2.07 bits per heavy atom. The molecule has 0 aromatic heterocycles. The van der Waals surface area contributed by atoms with E-state index in [-0.39, 0.29) is 11.6 Å². The number of benzene rings is 1. The largest absolute Gasteiger partial charge is 0.300 e. The summed E-state index contributed by atoms with van der Waals surface area (Å²) in [5.41, 5.74) is 0.0441. The topological polar surface area (TPSA) is 17.1 Å². The van der Waals surface area contributed by atoms with Crippen LogP contribution in [0.4, 0.5) is 4.39 Å². The van der Waals surface area contributed by atoms with Crippen molar-refractivity contribution in [3.63, 3.8) is 0 Å². The van der Waals surface area contributed by atoms with Crippen LogP contribution in [-0.2, 0) is 10.2 Å². The second kappa shape index (κ2) is 4.31. The Hall–Kier alpha value is -0.890. The highest BCUT2D eigenvalue weighted by molar-refractivity contribution is 6.30. The fraction of sp³-hybridized carbons (Fsp3) is 0.417. The normalized spacial score (nSPS) is 11.5. The smallest absolute Gasteiger partial charge is 0.130 e. The number of carbonyl (C=O) groups excluding carboxylic acids is 1. The van der Waals surface area contributed by atoms with E-state index >= 15 is 0 Å². The Labute approximate surface area is 94.3 Å². The van der Waals surface area contributed by atoms with Gasteiger partial charge in [-0.05, 0) is 30.0 Å². The summed E-state index contributed by atoms with van der Waals surface area (Å²) in [6.45, 7) is 5.21. The number of Topliss-reactive ketones (excluding diaryl/α,β-unsaturated/α-hetero) is 1. The van der Waals surface area contributed by atoms with Crippen molar-refractivity contribution in [2.75, 3.05) is 0 Å². The van der Waals surface area contributed by atoms with E-state index in [0.717, 1.165) is 0 Å². The van der Waals surface area contributed by atoms with Gasteiger partial charge < -0.3 is 0 Å². The van der Waals surface area contributed by atoms with Crippen LogP contribution in [-0.4, -0.2) is 5.78 Å². The van der Waals surface area contributed by atoms with E-state index < -0.39 is 5.41 Å². The van der Waals surface area contributed by atoms with Gasteiger partial charge in [-0.3, -0.25) is 4.79 Å². The summed E-state index contributed by atoms with van der Waals surface area (Å²) >= 11 is 5.67. The Bertz CT molecular complexity index is 385. The highest BCUT2D eigenvalue weighted by Gasteiger charge is 2.25. The van der Waals surface area contributed by atoms with Gasteiger partial charge in [-0.25, -0.2) is 4.39 Å². The van der Waals surface area contributed by atoms with Crippen molar-refractivity contribution < 1.29 is 9.18 Å². The molecule has 1 aromatic rings. The third-order valence-corrected chi connectivity index (χ3v) is 2.59. The minimum atomic E-state index is -0.486. The van der Waals surface area contributed by atoms with Crippen molar-refractivity contribution in [2.45, 2.75) is 32.6 Å². The minimum absolute atomic E-state index is 0.0503. The summed E-state index contributed by atoms with van der Waals surface area (Å²) in [5, 5.41) is 0.370. The lowest BCUT2D eigenvalue weighted by atomic mass is 9.80. The summed E-state index contributed by atoms with van der Waals surface area (Å²) in [6, 6.07) is 4.56. The summed E-state index contributed by atoms with van der Waals surface area (Å²) in [5.74, 6) is -0.303. The molecule has 0 aliphatic carbocycles. The molecule has 1 rings (SSSR count). The van der Waals surface area contributed by atoms with E-state index in [1.54, 1.807) is 12.1 Å². The van der Waals surface area contributed by atoms with E-state index in [0.29, 0.717) is 17.0 Å². The molecule has 0 heterocycles. The van der Waals surface area contributed by atoms with Gasteiger partial charge in [0, 0.05) is 11.4 Å². The molecular weight excluding hydrogens is 215 g/mol. The SMILES string of the molecule is CC(=O)CC(C)(C)c1ccc(Cl)cc1F. The quantitative estimate of drug-likeness (QED) is 0.770. The molecule has 0 aliphatic rings. The summed E-state index contributed by atoms with van der Waals surface area (Å²) in [4.78, 5) is 11.1. The molecule has 0 saturated carbocycles. The first-order valence-corrected chi connectivity index (χ1v) is 5.16. The molecule has 82 valence electrons. The molecule has 0 atom stereocenters. The molecule has 0 saturated heterocycles. The molecule has 3 heteroatoms. The zero-order valence-electron chi connectivity index (χ0n) is 9.10. The molecule has 0 amide bonds. The molecule has 0 aliphatic heterocycles. The Morgan fingerprint density at radius 1 is 1.47 bits per heavy atom. The second-order valence-electron chi connectivity index (χ2n) is 4.39.